The zero-order chi connectivity index (χ0) is 21.8. The topological polar surface area (TPSA) is 85.2 Å². The number of piperidine rings is 1. The number of carbonyl (C=O) groups is 1. The zero-order valence-electron chi connectivity index (χ0n) is 16.3. The summed E-state index contributed by atoms with van der Waals surface area (Å²) >= 11 is 0. The van der Waals surface area contributed by atoms with Gasteiger partial charge in [0.1, 0.15) is 6.10 Å². The van der Waals surface area contributed by atoms with Gasteiger partial charge in [0, 0.05) is 44.4 Å². The van der Waals surface area contributed by atoms with Crippen molar-refractivity contribution >= 4 is 11.7 Å². The van der Waals surface area contributed by atoms with E-state index in [2.05, 4.69) is 20.6 Å². The van der Waals surface area contributed by atoms with Gasteiger partial charge < -0.3 is 15.0 Å². The third kappa shape index (κ3) is 4.93. The largest absolute Gasteiger partial charge is 0.473 e. The number of para-hydroxylation sites is 1. The molecule has 0 saturated carbocycles. The van der Waals surface area contributed by atoms with Crippen molar-refractivity contribution in [2.24, 2.45) is 0 Å². The second-order valence-corrected chi connectivity index (χ2v) is 6.96. The second kappa shape index (κ2) is 8.62. The fourth-order valence-electron chi connectivity index (χ4n) is 3.28. The maximum atomic E-state index is 13.1. The highest BCUT2D eigenvalue weighted by Gasteiger charge is 2.34. The van der Waals surface area contributed by atoms with Crippen LogP contribution in [0.1, 0.15) is 18.4 Å². The number of nitrogens with one attached hydrogen (secondary N) is 1. The van der Waals surface area contributed by atoms with Gasteiger partial charge in [-0.15, -0.1) is 10.2 Å². The van der Waals surface area contributed by atoms with Crippen molar-refractivity contribution in [3.8, 4) is 11.7 Å². The van der Waals surface area contributed by atoms with E-state index in [1.54, 1.807) is 35.3 Å². The van der Waals surface area contributed by atoms with E-state index in [0.29, 0.717) is 37.6 Å². The normalized spacial score (nSPS) is 15.0. The van der Waals surface area contributed by atoms with Crippen LogP contribution in [0.5, 0.6) is 5.88 Å². The van der Waals surface area contributed by atoms with Gasteiger partial charge in [-0.2, -0.15) is 18.3 Å². The summed E-state index contributed by atoms with van der Waals surface area (Å²) < 4.78 is 46.7. The number of rotatable bonds is 4. The Morgan fingerprint density at radius 3 is 2.48 bits per heavy atom. The first-order chi connectivity index (χ1) is 14.9. The lowest BCUT2D eigenvalue weighted by molar-refractivity contribution is -0.136. The van der Waals surface area contributed by atoms with Crippen molar-refractivity contribution in [3.63, 3.8) is 0 Å². The summed E-state index contributed by atoms with van der Waals surface area (Å²) in [6, 6.07) is 9.54. The minimum absolute atomic E-state index is 0.170. The molecule has 11 heteroatoms. The van der Waals surface area contributed by atoms with E-state index in [4.69, 9.17) is 4.74 Å². The smallest absolute Gasteiger partial charge is 0.418 e. The fourth-order valence-corrected chi connectivity index (χ4v) is 3.28. The molecule has 2 amide bonds. The van der Waals surface area contributed by atoms with Gasteiger partial charge in [-0.25, -0.2) is 9.48 Å². The molecule has 1 N–H and O–H groups in total. The summed E-state index contributed by atoms with van der Waals surface area (Å²) in [5.41, 5.74) is -1.13. The van der Waals surface area contributed by atoms with Crippen LogP contribution in [0.3, 0.4) is 0 Å². The molecule has 0 bridgehead atoms. The Kier molecular flexibility index (Phi) is 5.74. The number of hydrogen-bond acceptors (Lipinski definition) is 5. The van der Waals surface area contributed by atoms with Crippen LogP contribution in [0, 0.1) is 0 Å². The number of halogens is 3. The third-order valence-electron chi connectivity index (χ3n) is 4.86. The van der Waals surface area contributed by atoms with Crippen molar-refractivity contribution in [2.75, 3.05) is 18.4 Å². The van der Waals surface area contributed by atoms with Crippen LogP contribution in [0.2, 0.25) is 0 Å². The molecular formula is C20H19F3N6O2. The van der Waals surface area contributed by atoms with Crippen LogP contribution in [-0.4, -0.2) is 50.1 Å². The molecule has 0 unspecified atom stereocenters. The first-order valence-corrected chi connectivity index (χ1v) is 9.63. The van der Waals surface area contributed by atoms with Gasteiger partial charge in [0.2, 0.25) is 5.88 Å². The van der Waals surface area contributed by atoms with Gasteiger partial charge in [-0.3, -0.25) is 0 Å². The number of carbonyl (C=O) groups excluding carboxylic acids is 1. The lowest BCUT2D eigenvalue weighted by Crippen LogP contribution is -2.44. The van der Waals surface area contributed by atoms with Gasteiger partial charge in [0.15, 0.2) is 5.82 Å². The molecule has 1 aliphatic rings. The van der Waals surface area contributed by atoms with Gasteiger partial charge in [-0.05, 0) is 24.3 Å². The number of urea groups is 1. The highest BCUT2D eigenvalue weighted by molar-refractivity contribution is 5.90. The molecule has 162 valence electrons. The van der Waals surface area contributed by atoms with E-state index in [1.807, 2.05) is 0 Å². The molecule has 0 radical (unpaired) electrons. The van der Waals surface area contributed by atoms with Crippen LogP contribution in [0.4, 0.5) is 23.7 Å². The van der Waals surface area contributed by atoms with Crippen LogP contribution in [0.25, 0.3) is 5.82 Å². The third-order valence-corrected chi connectivity index (χ3v) is 4.86. The number of amides is 2. The summed E-state index contributed by atoms with van der Waals surface area (Å²) in [4.78, 5) is 13.9. The predicted octanol–water partition coefficient (Wildman–Crippen LogP) is 3.76. The first kappa shape index (κ1) is 20.6. The Labute approximate surface area is 175 Å². The van der Waals surface area contributed by atoms with Crippen molar-refractivity contribution in [1.29, 1.82) is 0 Å². The average Bonchev–Trinajstić information content (AvgIpc) is 3.29. The molecule has 3 aromatic rings. The Hall–Kier alpha value is -3.63. The average molecular weight is 432 g/mol. The number of likely N-dealkylation sites (tertiary alicyclic amines) is 1. The summed E-state index contributed by atoms with van der Waals surface area (Å²) in [7, 11) is 0. The van der Waals surface area contributed by atoms with E-state index in [0.717, 1.165) is 6.07 Å². The lowest BCUT2D eigenvalue weighted by atomic mass is 10.1. The highest BCUT2D eigenvalue weighted by atomic mass is 19.4. The Morgan fingerprint density at radius 1 is 1.06 bits per heavy atom. The zero-order valence-corrected chi connectivity index (χ0v) is 16.3. The second-order valence-electron chi connectivity index (χ2n) is 6.96. The predicted molar refractivity (Wildman–Crippen MR) is 105 cm³/mol. The summed E-state index contributed by atoms with van der Waals surface area (Å²) in [6.07, 6.45) is -0.278. The van der Waals surface area contributed by atoms with Gasteiger partial charge in [-0.1, -0.05) is 12.1 Å². The number of benzene rings is 1. The molecule has 1 aliphatic heterocycles. The number of anilines is 1. The van der Waals surface area contributed by atoms with Gasteiger partial charge in [0.25, 0.3) is 0 Å². The summed E-state index contributed by atoms with van der Waals surface area (Å²) in [6.45, 7) is 0.701. The number of alkyl halides is 3. The van der Waals surface area contributed by atoms with E-state index in [-0.39, 0.29) is 11.8 Å². The minimum Gasteiger partial charge on any atom is -0.473 e. The Morgan fingerprint density at radius 2 is 1.84 bits per heavy atom. The molecule has 1 fully saturated rings. The maximum Gasteiger partial charge on any atom is 0.418 e. The van der Waals surface area contributed by atoms with Crippen molar-refractivity contribution in [1.82, 2.24) is 24.9 Å². The summed E-state index contributed by atoms with van der Waals surface area (Å²) in [5.74, 6) is 0.917. The molecule has 0 atom stereocenters. The molecule has 1 saturated heterocycles. The molecule has 0 spiro atoms. The van der Waals surface area contributed by atoms with Crippen LogP contribution in [0.15, 0.2) is 54.9 Å². The Bertz CT molecular complexity index is 1020. The molecule has 1 aromatic carbocycles. The molecule has 3 heterocycles. The molecule has 2 aromatic heterocycles. The van der Waals surface area contributed by atoms with Crippen molar-refractivity contribution in [3.05, 3.63) is 60.4 Å². The van der Waals surface area contributed by atoms with Crippen LogP contribution in [-0.2, 0) is 6.18 Å². The fraction of sp³-hybridized carbons (Fsp3) is 0.300. The van der Waals surface area contributed by atoms with Crippen molar-refractivity contribution in [2.45, 2.75) is 25.1 Å². The quantitative estimate of drug-likeness (QED) is 0.679. The number of ether oxygens (including phenoxy) is 1. The van der Waals surface area contributed by atoms with Crippen molar-refractivity contribution < 1.29 is 22.7 Å². The van der Waals surface area contributed by atoms with Crippen LogP contribution < -0.4 is 10.1 Å². The summed E-state index contributed by atoms with van der Waals surface area (Å²) in [5, 5.41) is 14.5. The van der Waals surface area contributed by atoms with E-state index in [9.17, 15) is 18.0 Å². The monoisotopic (exact) mass is 432 g/mol. The number of nitrogens with zero attached hydrogens (tertiary/aromatic N) is 5. The van der Waals surface area contributed by atoms with E-state index >= 15 is 0 Å². The molecular weight excluding hydrogens is 413 g/mol. The number of hydrogen-bond donors (Lipinski definition) is 1. The number of aromatic nitrogens is 4. The lowest BCUT2D eigenvalue weighted by Gasteiger charge is -2.32. The van der Waals surface area contributed by atoms with Crippen LogP contribution >= 0.6 is 0 Å². The molecule has 31 heavy (non-hydrogen) atoms. The maximum absolute atomic E-state index is 13.1. The molecule has 8 nitrogen and oxygen atoms in total. The van der Waals surface area contributed by atoms with E-state index in [1.165, 1.54) is 23.1 Å². The molecule has 4 rings (SSSR count). The van der Waals surface area contributed by atoms with E-state index < -0.39 is 17.8 Å². The highest BCUT2D eigenvalue weighted by Crippen LogP contribution is 2.34. The standard InChI is InChI=1S/C20H19F3N6O2/c21-20(22,23)15-4-1-2-5-16(15)25-19(30)28-12-8-14(9-13-28)31-18-7-6-17(26-27-18)29-11-3-10-24-29/h1-7,10-11,14H,8-9,12-13H2,(H,25,30). The van der Waals surface area contributed by atoms with Gasteiger partial charge >= 0.3 is 12.2 Å². The first-order valence-electron chi connectivity index (χ1n) is 9.63. The molecule has 0 aliphatic carbocycles. The Balaban J connectivity index is 1.30. The minimum atomic E-state index is -4.54. The SMILES string of the molecule is O=C(Nc1ccccc1C(F)(F)F)N1CCC(Oc2ccc(-n3cccn3)nn2)CC1. The van der Waals surface area contributed by atoms with Gasteiger partial charge in [0.05, 0.1) is 11.3 Å².